The van der Waals surface area contributed by atoms with Crippen molar-refractivity contribution in [2.24, 2.45) is 7.05 Å². The summed E-state index contributed by atoms with van der Waals surface area (Å²) in [6, 6.07) is 8.13. The maximum Gasteiger partial charge on any atom is 0.225 e. The predicted octanol–water partition coefficient (Wildman–Crippen LogP) is 3.01. The van der Waals surface area contributed by atoms with Crippen molar-refractivity contribution < 1.29 is 4.79 Å². The van der Waals surface area contributed by atoms with E-state index in [0.717, 1.165) is 36.5 Å². The molecule has 23 heavy (non-hydrogen) atoms. The third-order valence-corrected chi connectivity index (χ3v) is 3.82. The molecule has 1 unspecified atom stereocenters. The van der Waals surface area contributed by atoms with Gasteiger partial charge >= 0.3 is 0 Å². The van der Waals surface area contributed by atoms with Crippen LogP contribution in [0.4, 0.5) is 5.69 Å². The average molecular weight is 357 g/mol. The number of benzene rings is 1. The molecule has 0 aliphatic carbocycles. The Balaban J connectivity index is 0.00000132. The summed E-state index contributed by atoms with van der Waals surface area (Å²) in [5.74, 6) is 0.954. The number of imidazole rings is 1. The molecule has 0 bridgehead atoms. The minimum absolute atomic E-state index is 0. The second-order valence-corrected chi connectivity index (χ2v) is 5.49. The number of nitrogens with zero attached hydrogens (tertiary/aromatic N) is 2. The number of hydrogen-bond acceptors (Lipinski definition) is 3. The molecular weight excluding hydrogens is 335 g/mol. The van der Waals surface area contributed by atoms with Gasteiger partial charge in [0.2, 0.25) is 5.91 Å². The van der Waals surface area contributed by atoms with Gasteiger partial charge in [-0.25, -0.2) is 4.98 Å². The van der Waals surface area contributed by atoms with Gasteiger partial charge in [-0.15, -0.1) is 24.8 Å². The van der Waals surface area contributed by atoms with E-state index in [1.165, 1.54) is 0 Å². The monoisotopic (exact) mass is 356 g/mol. The van der Waals surface area contributed by atoms with Gasteiger partial charge in [-0.3, -0.25) is 4.79 Å². The van der Waals surface area contributed by atoms with Crippen molar-refractivity contribution in [2.75, 3.05) is 11.9 Å². The number of aryl methyl sites for hydroxylation is 1. The predicted molar refractivity (Wildman–Crippen MR) is 97.4 cm³/mol. The van der Waals surface area contributed by atoms with Crippen molar-refractivity contribution in [3.63, 3.8) is 0 Å². The normalized spacial score (nSPS) is 16.3. The molecule has 1 aromatic carbocycles. The molecule has 3 rings (SSSR count). The number of halogens is 2. The van der Waals surface area contributed by atoms with Crippen LogP contribution in [0.5, 0.6) is 0 Å². The summed E-state index contributed by atoms with van der Waals surface area (Å²) in [4.78, 5) is 16.4. The van der Waals surface area contributed by atoms with Crippen LogP contribution in [0.25, 0.3) is 11.4 Å². The van der Waals surface area contributed by atoms with E-state index in [2.05, 4.69) is 15.6 Å². The van der Waals surface area contributed by atoms with Gasteiger partial charge in [-0.1, -0.05) is 12.1 Å². The number of aromatic nitrogens is 2. The number of carbonyl (C=O) groups excluding carboxylic acids is 1. The smallest absolute Gasteiger partial charge is 0.225 e. The number of amides is 1. The van der Waals surface area contributed by atoms with E-state index in [4.69, 9.17) is 0 Å². The van der Waals surface area contributed by atoms with Crippen LogP contribution in [-0.2, 0) is 11.8 Å². The van der Waals surface area contributed by atoms with Crippen molar-refractivity contribution in [1.29, 1.82) is 0 Å². The van der Waals surface area contributed by atoms with Crippen LogP contribution >= 0.6 is 24.8 Å². The van der Waals surface area contributed by atoms with E-state index in [-0.39, 0.29) is 30.7 Å². The fourth-order valence-corrected chi connectivity index (χ4v) is 2.75. The summed E-state index contributed by atoms with van der Waals surface area (Å²) < 4.78 is 1.96. The molecule has 1 aromatic heterocycles. The maximum atomic E-state index is 12.1. The number of hydrogen-bond donors (Lipinski definition) is 2. The van der Waals surface area contributed by atoms with Crippen molar-refractivity contribution in [3.8, 4) is 11.4 Å². The highest BCUT2D eigenvalue weighted by atomic mass is 35.5. The minimum Gasteiger partial charge on any atom is -0.334 e. The van der Waals surface area contributed by atoms with Gasteiger partial charge in [-0.05, 0) is 31.5 Å². The fraction of sp³-hybridized carbons (Fsp3) is 0.375. The van der Waals surface area contributed by atoms with Crippen LogP contribution in [0.1, 0.15) is 19.3 Å². The van der Waals surface area contributed by atoms with E-state index in [9.17, 15) is 4.79 Å². The first-order valence-electron chi connectivity index (χ1n) is 7.33. The lowest BCUT2D eigenvalue weighted by Crippen LogP contribution is -2.27. The van der Waals surface area contributed by atoms with Crippen LogP contribution in [0.2, 0.25) is 0 Å². The number of rotatable bonds is 4. The van der Waals surface area contributed by atoms with E-state index in [0.29, 0.717) is 12.5 Å². The molecule has 126 valence electrons. The first kappa shape index (κ1) is 19.5. The van der Waals surface area contributed by atoms with Gasteiger partial charge in [0.1, 0.15) is 5.82 Å². The minimum atomic E-state index is 0. The second kappa shape index (κ2) is 8.91. The Labute approximate surface area is 148 Å². The molecule has 1 amide bonds. The van der Waals surface area contributed by atoms with Gasteiger partial charge in [0.25, 0.3) is 0 Å². The molecule has 1 aliphatic heterocycles. The maximum absolute atomic E-state index is 12.1. The topological polar surface area (TPSA) is 59.0 Å². The fourth-order valence-electron chi connectivity index (χ4n) is 2.75. The first-order valence-corrected chi connectivity index (χ1v) is 7.33. The Morgan fingerprint density at radius 3 is 2.91 bits per heavy atom. The van der Waals surface area contributed by atoms with Gasteiger partial charge in [0, 0.05) is 43.2 Å². The Hall–Kier alpha value is -1.56. The van der Waals surface area contributed by atoms with Crippen molar-refractivity contribution in [2.45, 2.75) is 25.3 Å². The van der Waals surface area contributed by atoms with Crippen LogP contribution in [0, 0.1) is 0 Å². The van der Waals surface area contributed by atoms with E-state index < -0.39 is 0 Å². The number of anilines is 1. The Kier molecular flexibility index (Phi) is 7.55. The molecule has 0 radical (unpaired) electrons. The standard InChI is InChI=1S/C16H20N4O.2ClH/c1-20-9-8-18-16(20)12-4-2-5-14(10-12)19-15(21)11-13-6-3-7-17-13;;/h2,4-5,8-10,13,17H,3,6-7,11H2,1H3,(H,19,21);2*1H. The zero-order chi connectivity index (χ0) is 14.7. The highest BCUT2D eigenvalue weighted by Gasteiger charge is 2.17. The number of carbonyl (C=O) groups is 1. The molecule has 0 saturated carbocycles. The van der Waals surface area contributed by atoms with Gasteiger partial charge in [-0.2, -0.15) is 0 Å². The first-order chi connectivity index (χ1) is 10.2. The average Bonchev–Trinajstić information content (AvgIpc) is 3.10. The van der Waals surface area contributed by atoms with Crippen molar-refractivity contribution >= 4 is 36.4 Å². The molecule has 1 saturated heterocycles. The largest absolute Gasteiger partial charge is 0.334 e. The lowest BCUT2D eigenvalue weighted by molar-refractivity contribution is -0.116. The summed E-state index contributed by atoms with van der Waals surface area (Å²) in [6.07, 6.45) is 6.46. The summed E-state index contributed by atoms with van der Waals surface area (Å²) in [5.41, 5.74) is 1.82. The highest BCUT2D eigenvalue weighted by Crippen LogP contribution is 2.21. The molecule has 1 atom stereocenters. The third-order valence-electron chi connectivity index (χ3n) is 3.82. The lowest BCUT2D eigenvalue weighted by atomic mass is 10.1. The summed E-state index contributed by atoms with van der Waals surface area (Å²) in [7, 11) is 1.96. The zero-order valence-electron chi connectivity index (χ0n) is 13.0. The molecule has 1 aliphatic rings. The molecule has 1 fully saturated rings. The lowest BCUT2D eigenvalue weighted by Gasteiger charge is -2.11. The van der Waals surface area contributed by atoms with Crippen molar-refractivity contribution in [1.82, 2.24) is 14.9 Å². The number of nitrogens with one attached hydrogen (secondary N) is 2. The molecule has 2 heterocycles. The van der Waals surface area contributed by atoms with Crippen LogP contribution in [0.3, 0.4) is 0 Å². The Morgan fingerprint density at radius 2 is 2.26 bits per heavy atom. The Bertz CT molecular complexity index is 639. The van der Waals surface area contributed by atoms with E-state index in [1.807, 2.05) is 42.1 Å². The third kappa shape index (κ3) is 4.96. The zero-order valence-corrected chi connectivity index (χ0v) is 14.6. The van der Waals surface area contributed by atoms with Gasteiger partial charge < -0.3 is 15.2 Å². The van der Waals surface area contributed by atoms with Crippen LogP contribution < -0.4 is 10.6 Å². The van der Waals surface area contributed by atoms with Gasteiger partial charge in [0.15, 0.2) is 0 Å². The van der Waals surface area contributed by atoms with Gasteiger partial charge in [0.05, 0.1) is 0 Å². The van der Waals surface area contributed by atoms with E-state index in [1.54, 1.807) is 6.20 Å². The van der Waals surface area contributed by atoms with Crippen molar-refractivity contribution in [3.05, 3.63) is 36.7 Å². The second-order valence-electron chi connectivity index (χ2n) is 5.49. The Morgan fingerprint density at radius 1 is 1.43 bits per heavy atom. The van der Waals surface area contributed by atoms with Crippen LogP contribution in [-0.4, -0.2) is 28.0 Å². The molecule has 0 spiro atoms. The quantitative estimate of drug-likeness (QED) is 0.884. The van der Waals surface area contributed by atoms with Crippen LogP contribution in [0.15, 0.2) is 36.7 Å². The molecule has 7 heteroatoms. The molecule has 5 nitrogen and oxygen atoms in total. The highest BCUT2D eigenvalue weighted by molar-refractivity contribution is 5.91. The molecular formula is C16H22Cl2N4O. The summed E-state index contributed by atoms with van der Waals surface area (Å²) in [5, 5.41) is 6.31. The summed E-state index contributed by atoms with van der Waals surface area (Å²) in [6.45, 7) is 1.02. The SMILES string of the molecule is Cl.Cl.Cn1ccnc1-c1cccc(NC(=O)CC2CCCN2)c1. The molecule has 2 aromatic rings. The summed E-state index contributed by atoms with van der Waals surface area (Å²) >= 11 is 0. The molecule has 2 N–H and O–H groups in total. The van der Waals surface area contributed by atoms with E-state index >= 15 is 0 Å².